The van der Waals surface area contributed by atoms with Gasteiger partial charge in [-0.15, -0.1) is 0 Å². The van der Waals surface area contributed by atoms with Gasteiger partial charge in [-0.3, -0.25) is 4.79 Å². The molecular formula is C9H16O2. The molecule has 0 aromatic heterocycles. The van der Waals surface area contributed by atoms with E-state index in [1.165, 1.54) is 0 Å². The van der Waals surface area contributed by atoms with Crippen LogP contribution in [0.1, 0.15) is 27.7 Å². The Morgan fingerprint density at radius 3 is 2.09 bits per heavy atom. The summed E-state index contributed by atoms with van der Waals surface area (Å²) < 4.78 is 5.21. The first kappa shape index (κ1) is 8.57. The first-order valence-electron chi connectivity index (χ1n) is 4.24. The van der Waals surface area contributed by atoms with E-state index in [-0.39, 0.29) is 18.0 Å². The fourth-order valence-electron chi connectivity index (χ4n) is 1.59. The highest BCUT2D eigenvalue weighted by Gasteiger charge is 2.39. The predicted octanol–water partition coefficient (Wildman–Crippen LogP) is 1.84. The molecule has 1 saturated heterocycles. The number of esters is 1. The van der Waals surface area contributed by atoms with Crippen molar-refractivity contribution in [3.05, 3.63) is 0 Å². The van der Waals surface area contributed by atoms with E-state index in [9.17, 15) is 4.79 Å². The quantitative estimate of drug-likeness (QED) is 0.541. The second kappa shape index (κ2) is 2.84. The van der Waals surface area contributed by atoms with E-state index < -0.39 is 0 Å². The average molecular weight is 156 g/mol. The molecule has 0 aromatic carbocycles. The molecule has 0 spiro atoms. The summed E-state index contributed by atoms with van der Waals surface area (Å²) >= 11 is 0. The van der Waals surface area contributed by atoms with Crippen LogP contribution in [0.25, 0.3) is 0 Å². The molecule has 1 aliphatic heterocycles. The standard InChI is InChI=1S/C9H16O2/c1-5(2)8-6(3)7(4)9(10)11-8/h5-8H,1-4H3/t6?,7-,8+/m0/s1. The van der Waals surface area contributed by atoms with Crippen LogP contribution in [0.5, 0.6) is 0 Å². The largest absolute Gasteiger partial charge is 0.462 e. The molecule has 2 nitrogen and oxygen atoms in total. The fourth-order valence-corrected chi connectivity index (χ4v) is 1.59. The van der Waals surface area contributed by atoms with Crippen LogP contribution >= 0.6 is 0 Å². The highest BCUT2D eigenvalue weighted by Crippen LogP contribution is 2.31. The van der Waals surface area contributed by atoms with E-state index in [0.717, 1.165) is 0 Å². The molecule has 1 heterocycles. The van der Waals surface area contributed by atoms with E-state index in [2.05, 4.69) is 20.8 Å². The summed E-state index contributed by atoms with van der Waals surface area (Å²) in [6.45, 7) is 8.20. The Morgan fingerprint density at radius 1 is 1.36 bits per heavy atom. The summed E-state index contributed by atoms with van der Waals surface area (Å²) in [7, 11) is 0. The summed E-state index contributed by atoms with van der Waals surface area (Å²) in [6.07, 6.45) is 0.137. The molecule has 0 aromatic rings. The maximum Gasteiger partial charge on any atom is 0.309 e. The summed E-state index contributed by atoms with van der Waals surface area (Å²) in [5, 5.41) is 0. The maximum atomic E-state index is 11.1. The Kier molecular flexibility index (Phi) is 2.21. The molecule has 64 valence electrons. The van der Waals surface area contributed by atoms with Crippen LogP contribution in [0.3, 0.4) is 0 Å². The van der Waals surface area contributed by atoms with Crippen LogP contribution in [0.4, 0.5) is 0 Å². The number of carbonyl (C=O) groups excluding carboxylic acids is 1. The zero-order valence-electron chi connectivity index (χ0n) is 7.63. The van der Waals surface area contributed by atoms with Gasteiger partial charge in [0.15, 0.2) is 0 Å². The minimum Gasteiger partial charge on any atom is -0.462 e. The Hall–Kier alpha value is -0.530. The van der Waals surface area contributed by atoms with Gasteiger partial charge in [-0.05, 0) is 5.92 Å². The number of cyclic esters (lactones) is 1. The summed E-state index contributed by atoms with van der Waals surface area (Å²) in [6, 6.07) is 0. The van der Waals surface area contributed by atoms with Crippen LogP contribution < -0.4 is 0 Å². The van der Waals surface area contributed by atoms with Crippen LogP contribution in [0, 0.1) is 17.8 Å². The van der Waals surface area contributed by atoms with E-state index in [1.54, 1.807) is 0 Å². The molecule has 0 aliphatic carbocycles. The molecule has 0 N–H and O–H groups in total. The monoisotopic (exact) mass is 156 g/mol. The molecule has 1 fully saturated rings. The molecular weight excluding hydrogens is 140 g/mol. The number of ether oxygens (including phenoxy) is 1. The lowest BCUT2D eigenvalue weighted by Gasteiger charge is -2.18. The molecule has 0 bridgehead atoms. The number of hydrogen-bond donors (Lipinski definition) is 0. The molecule has 0 saturated carbocycles. The maximum absolute atomic E-state index is 11.1. The van der Waals surface area contributed by atoms with Gasteiger partial charge in [0.25, 0.3) is 0 Å². The average Bonchev–Trinajstić information content (AvgIpc) is 2.17. The zero-order chi connectivity index (χ0) is 8.59. The molecule has 3 atom stereocenters. The van der Waals surface area contributed by atoms with Crippen molar-refractivity contribution in [2.75, 3.05) is 0 Å². The normalized spacial score (nSPS) is 37.9. The second-order valence-electron chi connectivity index (χ2n) is 3.79. The van der Waals surface area contributed by atoms with Crippen molar-refractivity contribution in [2.24, 2.45) is 17.8 Å². The SMILES string of the molecule is CC(C)[C@H]1OC(=O)[C@@H](C)C1C. The van der Waals surface area contributed by atoms with E-state index in [4.69, 9.17) is 4.74 Å². The smallest absolute Gasteiger partial charge is 0.309 e. The van der Waals surface area contributed by atoms with Crippen molar-refractivity contribution in [1.82, 2.24) is 0 Å². The lowest BCUT2D eigenvalue weighted by molar-refractivity contribution is -0.145. The van der Waals surface area contributed by atoms with Crippen molar-refractivity contribution < 1.29 is 9.53 Å². The number of rotatable bonds is 1. The molecule has 0 radical (unpaired) electrons. The van der Waals surface area contributed by atoms with Crippen molar-refractivity contribution in [3.8, 4) is 0 Å². The molecule has 1 unspecified atom stereocenters. The third-order valence-corrected chi connectivity index (χ3v) is 2.59. The number of carbonyl (C=O) groups is 1. The van der Waals surface area contributed by atoms with Crippen LogP contribution in [0.2, 0.25) is 0 Å². The predicted molar refractivity (Wildman–Crippen MR) is 43.0 cm³/mol. The Morgan fingerprint density at radius 2 is 1.91 bits per heavy atom. The lowest BCUT2D eigenvalue weighted by Crippen LogP contribution is -2.21. The molecule has 0 amide bonds. The van der Waals surface area contributed by atoms with Crippen LogP contribution in [-0.2, 0) is 9.53 Å². The summed E-state index contributed by atoms with van der Waals surface area (Å²) in [4.78, 5) is 11.1. The van der Waals surface area contributed by atoms with Gasteiger partial charge in [-0.25, -0.2) is 0 Å². The van der Waals surface area contributed by atoms with Crippen molar-refractivity contribution >= 4 is 5.97 Å². The fraction of sp³-hybridized carbons (Fsp3) is 0.889. The first-order valence-corrected chi connectivity index (χ1v) is 4.24. The number of hydrogen-bond acceptors (Lipinski definition) is 2. The first-order chi connectivity index (χ1) is 5.04. The molecule has 11 heavy (non-hydrogen) atoms. The highest BCUT2D eigenvalue weighted by atomic mass is 16.6. The topological polar surface area (TPSA) is 26.3 Å². The van der Waals surface area contributed by atoms with Crippen LogP contribution in [0.15, 0.2) is 0 Å². The molecule has 1 rings (SSSR count). The minimum atomic E-state index is -0.0313. The van der Waals surface area contributed by atoms with E-state index in [0.29, 0.717) is 11.8 Å². The van der Waals surface area contributed by atoms with Gasteiger partial charge in [0.1, 0.15) is 6.10 Å². The van der Waals surface area contributed by atoms with Gasteiger partial charge in [0.05, 0.1) is 5.92 Å². The zero-order valence-corrected chi connectivity index (χ0v) is 7.63. The van der Waals surface area contributed by atoms with Gasteiger partial charge >= 0.3 is 5.97 Å². The van der Waals surface area contributed by atoms with Gasteiger partial charge in [0.2, 0.25) is 0 Å². The third kappa shape index (κ3) is 1.39. The van der Waals surface area contributed by atoms with E-state index in [1.807, 2.05) is 6.92 Å². The van der Waals surface area contributed by atoms with Gasteiger partial charge < -0.3 is 4.74 Å². The minimum absolute atomic E-state index is 0.0313. The Bertz CT molecular complexity index is 163. The van der Waals surface area contributed by atoms with Crippen molar-refractivity contribution in [1.29, 1.82) is 0 Å². The highest BCUT2D eigenvalue weighted by molar-refractivity contribution is 5.74. The van der Waals surface area contributed by atoms with Gasteiger partial charge in [-0.2, -0.15) is 0 Å². The lowest BCUT2D eigenvalue weighted by atomic mass is 9.88. The Balaban J connectivity index is 2.67. The van der Waals surface area contributed by atoms with Crippen molar-refractivity contribution in [3.63, 3.8) is 0 Å². The van der Waals surface area contributed by atoms with Crippen molar-refractivity contribution in [2.45, 2.75) is 33.8 Å². The van der Waals surface area contributed by atoms with Crippen LogP contribution in [-0.4, -0.2) is 12.1 Å². The molecule has 2 heteroatoms. The van der Waals surface area contributed by atoms with Gasteiger partial charge in [-0.1, -0.05) is 27.7 Å². The second-order valence-corrected chi connectivity index (χ2v) is 3.79. The third-order valence-electron chi connectivity index (χ3n) is 2.59. The Labute approximate surface area is 67.9 Å². The molecule has 1 aliphatic rings. The van der Waals surface area contributed by atoms with Gasteiger partial charge in [0, 0.05) is 5.92 Å². The van der Waals surface area contributed by atoms with E-state index >= 15 is 0 Å². The summed E-state index contributed by atoms with van der Waals surface area (Å²) in [5.74, 6) is 0.875. The summed E-state index contributed by atoms with van der Waals surface area (Å²) in [5.41, 5.74) is 0.